The van der Waals surface area contributed by atoms with Crippen LogP contribution in [0.3, 0.4) is 0 Å². The Balaban J connectivity index is 2.17. The SMILES string of the molecule is ClCCCc1nnc(-c2sccc2Cl)s1. The lowest BCUT2D eigenvalue weighted by atomic mass is 10.4. The van der Waals surface area contributed by atoms with Crippen molar-refractivity contribution in [3.63, 3.8) is 0 Å². The van der Waals surface area contributed by atoms with Crippen molar-refractivity contribution >= 4 is 45.9 Å². The third kappa shape index (κ3) is 2.69. The second-order valence-electron chi connectivity index (χ2n) is 2.89. The zero-order valence-electron chi connectivity index (χ0n) is 7.74. The van der Waals surface area contributed by atoms with E-state index in [1.165, 1.54) is 0 Å². The summed E-state index contributed by atoms with van der Waals surface area (Å²) in [6.45, 7) is 0. The van der Waals surface area contributed by atoms with Gasteiger partial charge in [-0.15, -0.1) is 33.1 Å². The average molecular weight is 279 g/mol. The van der Waals surface area contributed by atoms with Crippen LogP contribution in [-0.4, -0.2) is 16.1 Å². The summed E-state index contributed by atoms with van der Waals surface area (Å²) in [7, 11) is 0. The second kappa shape index (κ2) is 5.25. The quantitative estimate of drug-likeness (QED) is 0.788. The summed E-state index contributed by atoms with van der Waals surface area (Å²) in [6, 6.07) is 1.88. The van der Waals surface area contributed by atoms with Gasteiger partial charge in [-0.1, -0.05) is 22.9 Å². The monoisotopic (exact) mass is 278 g/mol. The molecule has 0 radical (unpaired) electrons. The van der Waals surface area contributed by atoms with Gasteiger partial charge in [0.15, 0.2) is 5.01 Å². The van der Waals surface area contributed by atoms with Crippen LogP contribution >= 0.6 is 45.9 Å². The van der Waals surface area contributed by atoms with E-state index in [0.717, 1.165) is 32.8 Å². The molecule has 0 N–H and O–H groups in total. The molecule has 2 rings (SSSR count). The second-order valence-corrected chi connectivity index (χ2v) is 5.65. The highest BCUT2D eigenvalue weighted by Crippen LogP contribution is 2.34. The predicted octanol–water partition coefficient (Wildman–Crippen LogP) is 4.09. The summed E-state index contributed by atoms with van der Waals surface area (Å²) in [4.78, 5) is 1.01. The fraction of sp³-hybridized carbons (Fsp3) is 0.333. The van der Waals surface area contributed by atoms with Crippen molar-refractivity contribution in [3.8, 4) is 9.88 Å². The first-order chi connectivity index (χ1) is 7.31. The van der Waals surface area contributed by atoms with Crippen molar-refractivity contribution in [1.82, 2.24) is 10.2 Å². The molecule has 2 aromatic heterocycles. The van der Waals surface area contributed by atoms with Crippen LogP contribution in [0.1, 0.15) is 11.4 Å². The minimum atomic E-state index is 0.661. The highest BCUT2D eigenvalue weighted by Gasteiger charge is 2.10. The Kier molecular flexibility index (Phi) is 3.97. The van der Waals surface area contributed by atoms with Crippen LogP contribution in [0.4, 0.5) is 0 Å². The van der Waals surface area contributed by atoms with Gasteiger partial charge >= 0.3 is 0 Å². The van der Waals surface area contributed by atoms with Crippen molar-refractivity contribution in [2.24, 2.45) is 0 Å². The Morgan fingerprint density at radius 2 is 2.20 bits per heavy atom. The summed E-state index contributed by atoms with van der Waals surface area (Å²) in [6.07, 6.45) is 1.83. The Morgan fingerprint density at radius 3 is 2.87 bits per heavy atom. The minimum Gasteiger partial charge on any atom is -0.143 e. The molecule has 0 saturated carbocycles. The van der Waals surface area contributed by atoms with Gasteiger partial charge in [0.1, 0.15) is 5.01 Å². The number of hydrogen-bond acceptors (Lipinski definition) is 4. The Bertz CT molecular complexity index is 439. The largest absolute Gasteiger partial charge is 0.159 e. The van der Waals surface area contributed by atoms with Gasteiger partial charge in [-0.2, -0.15) is 0 Å². The summed E-state index contributed by atoms with van der Waals surface area (Å²) >= 11 is 14.8. The van der Waals surface area contributed by atoms with E-state index in [9.17, 15) is 0 Å². The van der Waals surface area contributed by atoms with Crippen LogP contribution < -0.4 is 0 Å². The molecule has 0 saturated heterocycles. The summed E-state index contributed by atoms with van der Waals surface area (Å²) in [5.74, 6) is 0.661. The van der Waals surface area contributed by atoms with Crippen LogP contribution in [0.2, 0.25) is 5.02 Å². The molecule has 0 aliphatic heterocycles. The summed E-state index contributed by atoms with van der Waals surface area (Å²) in [5, 5.41) is 12.9. The minimum absolute atomic E-state index is 0.661. The molecule has 2 aromatic rings. The number of aryl methyl sites for hydroxylation is 1. The molecule has 0 atom stereocenters. The van der Waals surface area contributed by atoms with Crippen molar-refractivity contribution in [2.75, 3.05) is 5.88 Å². The molecule has 2 nitrogen and oxygen atoms in total. The van der Waals surface area contributed by atoms with Gasteiger partial charge < -0.3 is 0 Å². The van der Waals surface area contributed by atoms with Gasteiger partial charge in [0, 0.05) is 12.3 Å². The highest BCUT2D eigenvalue weighted by atomic mass is 35.5. The molecule has 0 aliphatic carbocycles. The van der Waals surface area contributed by atoms with E-state index >= 15 is 0 Å². The molecule has 0 amide bonds. The molecular formula is C9H8Cl2N2S2. The molecular weight excluding hydrogens is 271 g/mol. The van der Waals surface area contributed by atoms with Crippen molar-refractivity contribution in [2.45, 2.75) is 12.8 Å². The van der Waals surface area contributed by atoms with Gasteiger partial charge in [0.05, 0.1) is 9.90 Å². The van der Waals surface area contributed by atoms with E-state index in [2.05, 4.69) is 10.2 Å². The first kappa shape index (κ1) is 11.3. The average Bonchev–Trinajstić information content (AvgIpc) is 2.83. The molecule has 0 spiro atoms. The van der Waals surface area contributed by atoms with Crippen molar-refractivity contribution in [1.29, 1.82) is 0 Å². The lowest BCUT2D eigenvalue weighted by Crippen LogP contribution is -1.84. The number of hydrogen-bond donors (Lipinski definition) is 0. The molecule has 0 unspecified atom stereocenters. The molecule has 2 heterocycles. The fourth-order valence-electron chi connectivity index (χ4n) is 1.11. The van der Waals surface area contributed by atoms with Gasteiger partial charge in [-0.25, -0.2) is 0 Å². The number of alkyl halides is 1. The Morgan fingerprint density at radius 1 is 1.33 bits per heavy atom. The molecule has 80 valence electrons. The number of nitrogens with zero attached hydrogens (tertiary/aromatic N) is 2. The third-order valence-electron chi connectivity index (χ3n) is 1.80. The van der Waals surface area contributed by atoms with Crippen molar-refractivity contribution < 1.29 is 0 Å². The van der Waals surface area contributed by atoms with Crippen LogP contribution in [0.5, 0.6) is 0 Å². The van der Waals surface area contributed by atoms with E-state index in [1.807, 2.05) is 11.4 Å². The van der Waals surface area contributed by atoms with Crippen LogP contribution in [-0.2, 0) is 6.42 Å². The molecule has 0 bridgehead atoms. The smallest absolute Gasteiger partial charge is 0.143 e. The first-order valence-corrected chi connectivity index (χ1v) is 7.04. The zero-order chi connectivity index (χ0) is 10.7. The van der Waals surface area contributed by atoms with E-state index < -0.39 is 0 Å². The summed E-state index contributed by atoms with van der Waals surface area (Å²) < 4.78 is 0. The molecule has 6 heteroatoms. The van der Waals surface area contributed by atoms with Gasteiger partial charge in [-0.3, -0.25) is 0 Å². The van der Waals surface area contributed by atoms with Crippen LogP contribution in [0.25, 0.3) is 9.88 Å². The maximum atomic E-state index is 6.02. The standard InChI is InChI=1S/C9H8Cl2N2S2/c10-4-1-2-7-12-13-9(15-7)8-6(11)3-5-14-8/h3,5H,1-2,4H2. The first-order valence-electron chi connectivity index (χ1n) is 4.43. The Hall–Kier alpha value is -0.160. The van der Waals surface area contributed by atoms with E-state index in [1.54, 1.807) is 22.7 Å². The number of thiophene rings is 1. The van der Waals surface area contributed by atoms with Crippen LogP contribution in [0, 0.1) is 0 Å². The predicted molar refractivity (Wildman–Crippen MR) is 67.3 cm³/mol. The Labute approximate surface area is 106 Å². The summed E-state index contributed by atoms with van der Waals surface area (Å²) in [5.41, 5.74) is 0. The molecule has 15 heavy (non-hydrogen) atoms. The number of aromatic nitrogens is 2. The molecule has 0 aromatic carbocycles. The highest BCUT2D eigenvalue weighted by molar-refractivity contribution is 7.21. The van der Waals surface area contributed by atoms with Crippen molar-refractivity contribution in [3.05, 3.63) is 21.5 Å². The fourth-order valence-corrected chi connectivity index (χ4v) is 3.43. The molecule has 0 fully saturated rings. The van der Waals surface area contributed by atoms with Gasteiger partial charge in [-0.05, 0) is 17.9 Å². The van der Waals surface area contributed by atoms with E-state index in [-0.39, 0.29) is 0 Å². The maximum absolute atomic E-state index is 6.02. The third-order valence-corrected chi connectivity index (χ3v) is 4.55. The van der Waals surface area contributed by atoms with E-state index in [4.69, 9.17) is 23.2 Å². The lowest BCUT2D eigenvalue weighted by molar-refractivity contribution is 0.884. The van der Waals surface area contributed by atoms with Gasteiger partial charge in [0.25, 0.3) is 0 Å². The number of rotatable bonds is 4. The number of halogens is 2. The normalized spacial score (nSPS) is 10.8. The molecule has 0 aliphatic rings. The van der Waals surface area contributed by atoms with Crippen LogP contribution in [0.15, 0.2) is 11.4 Å². The topological polar surface area (TPSA) is 25.8 Å². The lowest BCUT2D eigenvalue weighted by Gasteiger charge is -1.89. The maximum Gasteiger partial charge on any atom is 0.159 e. The van der Waals surface area contributed by atoms with Gasteiger partial charge in [0.2, 0.25) is 0 Å². The zero-order valence-corrected chi connectivity index (χ0v) is 10.9. The van der Waals surface area contributed by atoms with E-state index in [0.29, 0.717) is 5.88 Å².